The van der Waals surface area contributed by atoms with E-state index in [1.807, 2.05) is 11.4 Å². The molecule has 0 amide bonds. The molecule has 0 aliphatic heterocycles. The lowest BCUT2D eigenvalue weighted by atomic mass is 10.3. The summed E-state index contributed by atoms with van der Waals surface area (Å²) in [7, 11) is 0. The predicted octanol–water partition coefficient (Wildman–Crippen LogP) is 3.04. The van der Waals surface area contributed by atoms with Crippen LogP contribution in [0.5, 0.6) is 0 Å². The summed E-state index contributed by atoms with van der Waals surface area (Å²) in [6.07, 6.45) is 4.11. The fourth-order valence-corrected chi connectivity index (χ4v) is 2.79. The average molecular weight is 257 g/mol. The Morgan fingerprint density at radius 3 is 3.17 bits per heavy atom. The summed E-state index contributed by atoms with van der Waals surface area (Å²) in [6, 6.07) is 4.06. The van der Waals surface area contributed by atoms with E-state index in [1.165, 1.54) is 18.5 Å². The molecule has 1 aliphatic carbocycles. The van der Waals surface area contributed by atoms with Crippen molar-refractivity contribution in [3.8, 4) is 0 Å². The molecule has 6 heteroatoms. The Balaban J connectivity index is 1.68. The van der Waals surface area contributed by atoms with E-state index >= 15 is 0 Å². The van der Waals surface area contributed by atoms with E-state index < -0.39 is 0 Å². The molecule has 5 nitrogen and oxygen atoms in total. The van der Waals surface area contributed by atoms with Gasteiger partial charge in [-0.05, 0) is 24.3 Å². The number of H-pyrrole nitrogens is 1. The third kappa shape index (κ3) is 1.65. The summed E-state index contributed by atoms with van der Waals surface area (Å²) in [5.74, 6) is 2.33. The minimum absolute atomic E-state index is 0.681. The zero-order valence-corrected chi connectivity index (χ0v) is 10.4. The van der Waals surface area contributed by atoms with Gasteiger partial charge in [-0.2, -0.15) is 5.10 Å². The zero-order chi connectivity index (χ0) is 11.9. The maximum absolute atomic E-state index is 4.28. The number of nitrogens with zero attached hydrogens (tertiary/aromatic N) is 3. The van der Waals surface area contributed by atoms with Crippen molar-refractivity contribution in [1.29, 1.82) is 0 Å². The second-order valence-electron chi connectivity index (χ2n) is 4.47. The van der Waals surface area contributed by atoms with Crippen LogP contribution in [0.25, 0.3) is 10.2 Å². The minimum atomic E-state index is 0.681. The highest BCUT2D eigenvalue weighted by Crippen LogP contribution is 2.39. The quantitative estimate of drug-likeness (QED) is 0.756. The van der Waals surface area contributed by atoms with Gasteiger partial charge in [0.15, 0.2) is 11.6 Å². The van der Waals surface area contributed by atoms with Gasteiger partial charge in [0.1, 0.15) is 6.33 Å². The average Bonchev–Trinajstić information content (AvgIpc) is 2.94. The third-order valence-corrected chi connectivity index (χ3v) is 4.01. The van der Waals surface area contributed by atoms with Crippen LogP contribution in [0, 0.1) is 0 Å². The predicted molar refractivity (Wildman–Crippen MR) is 71.3 cm³/mol. The van der Waals surface area contributed by atoms with Crippen molar-refractivity contribution in [3.05, 3.63) is 29.5 Å². The van der Waals surface area contributed by atoms with Crippen LogP contribution >= 0.6 is 11.3 Å². The van der Waals surface area contributed by atoms with Gasteiger partial charge in [0, 0.05) is 17.7 Å². The van der Waals surface area contributed by atoms with Gasteiger partial charge in [-0.15, -0.1) is 11.3 Å². The molecule has 0 radical (unpaired) electrons. The monoisotopic (exact) mass is 257 g/mol. The molecule has 90 valence electrons. The summed E-state index contributed by atoms with van der Waals surface area (Å²) in [5, 5.41) is 12.6. The lowest BCUT2D eigenvalue weighted by Crippen LogP contribution is -1.94. The number of nitrogens with one attached hydrogen (secondary N) is 2. The molecule has 1 saturated carbocycles. The Labute approximate surface area is 107 Å². The number of aromatic nitrogens is 4. The number of rotatable bonds is 3. The first-order chi connectivity index (χ1) is 8.90. The van der Waals surface area contributed by atoms with Crippen LogP contribution in [-0.4, -0.2) is 20.2 Å². The molecule has 18 heavy (non-hydrogen) atoms. The van der Waals surface area contributed by atoms with Crippen molar-refractivity contribution in [2.75, 3.05) is 5.32 Å². The third-order valence-electron chi connectivity index (χ3n) is 3.10. The summed E-state index contributed by atoms with van der Waals surface area (Å²) in [4.78, 5) is 8.50. The Kier molecular flexibility index (Phi) is 2.10. The summed E-state index contributed by atoms with van der Waals surface area (Å²) < 4.78 is 1.06. The van der Waals surface area contributed by atoms with Crippen molar-refractivity contribution < 1.29 is 0 Å². The van der Waals surface area contributed by atoms with Crippen molar-refractivity contribution in [1.82, 2.24) is 20.2 Å². The van der Waals surface area contributed by atoms with E-state index in [4.69, 9.17) is 0 Å². The fraction of sp³-hybridized carbons (Fsp3) is 0.250. The Morgan fingerprint density at radius 1 is 1.33 bits per heavy atom. The van der Waals surface area contributed by atoms with Gasteiger partial charge in [-0.25, -0.2) is 9.97 Å². The van der Waals surface area contributed by atoms with E-state index in [0.717, 1.165) is 21.9 Å². The van der Waals surface area contributed by atoms with E-state index in [-0.39, 0.29) is 0 Å². The number of aromatic amines is 1. The molecule has 0 spiro atoms. The number of hydrogen-bond acceptors (Lipinski definition) is 5. The number of fused-ring (bicyclic) bond motifs is 1. The Bertz CT molecular complexity index is 697. The first-order valence-corrected chi connectivity index (χ1v) is 6.78. The van der Waals surface area contributed by atoms with Gasteiger partial charge in [0.05, 0.1) is 10.2 Å². The molecule has 0 unspecified atom stereocenters. The second kappa shape index (κ2) is 3.78. The highest BCUT2D eigenvalue weighted by Gasteiger charge is 2.25. The first kappa shape index (κ1) is 10.0. The van der Waals surface area contributed by atoms with Crippen LogP contribution < -0.4 is 5.32 Å². The van der Waals surface area contributed by atoms with Gasteiger partial charge in [0.25, 0.3) is 0 Å². The molecular formula is C12H11N5S. The standard InChI is InChI=1S/C12H11N5S/c1-2-7(1)9-5-10(17-16-9)15-12-11-8(3-4-18-11)13-6-14-12/h3-7H,1-2H2,(H2,13,14,15,16,17). The van der Waals surface area contributed by atoms with Crippen molar-refractivity contribution in [3.63, 3.8) is 0 Å². The van der Waals surface area contributed by atoms with Gasteiger partial charge >= 0.3 is 0 Å². The molecule has 0 saturated heterocycles. The Hall–Kier alpha value is -1.95. The molecule has 0 atom stereocenters. The van der Waals surface area contributed by atoms with E-state index in [9.17, 15) is 0 Å². The maximum Gasteiger partial charge on any atom is 0.153 e. The smallest absolute Gasteiger partial charge is 0.153 e. The normalized spacial score (nSPS) is 15.1. The van der Waals surface area contributed by atoms with Crippen LogP contribution in [0.4, 0.5) is 11.6 Å². The molecule has 4 rings (SSSR count). The molecule has 1 aliphatic rings. The molecule has 3 heterocycles. The molecule has 0 aromatic carbocycles. The van der Waals surface area contributed by atoms with Crippen LogP contribution in [0.2, 0.25) is 0 Å². The zero-order valence-electron chi connectivity index (χ0n) is 9.55. The number of anilines is 2. The molecule has 1 fully saturated rings. The van der Waals surface area contributed by atoms with E-state index in [1.54, 1.807) is 17.7 Å². The minimum Gasteiger partial charge on any atom is -0.322 e. The molecule has 0 bridgehead atoms. The largest absolute Gasteiger partial charge is 0.322 e. The number of thiophene rings is 1. The molecule has 2 N–H and O–H groups in total. The van der Waals surface area contributed by atoms with Crippen LogP contribution in [0.3, 0.4) is 0 Å². The fourth-order valence-electron chi connectivity index (χ4n) is 2.00. The number of hydrogen-bond donors (Lipinski definition) is 2. The van der Waals surface area contributed by atoms with Gasteiger partial charge in [-0.3, -0.25) is 5.10 Å². The molecule has 3 aromatic heterocycles. The van der Waals surface area contributed by atoms with Crippen molar-refractivity contribution in [2.45, 2.75) is 18.8 Å². The summed E-state index contributed by atoms with van der Waals surface area (Å²) >= 11 is 1.63. The summed E-state index contributed by atoms with van der Waals surface area (Å²) in [6.45, 7) is 0. The van der Waals surface area contributed by atoms with Gasteiger partial charge < -0.3 is 5.32 Å². The van der Waals surface area contributed by atoms with E-state index in [0.29, 0.717) is 5.92 Å². The highest BCUT2D eigenvalue weighted by atomic mass is 32.1. The van der Waals surface area contributed by atoms with Crippen LogP contribution in [-0.2, 0) is 0 Å². The van der Waals surface area contributed by atoms with Crippen molar-refractivity contribution >= 4 is 33.2 Å². The lowest BCUT2D eigenvalue weighted by molar-refractivity contribution is 0.966. The van der Waals surface area contributed by atoms with Gasteiger partial charge in [-0.1, -0.05) is 0 Å². The highest BCUT2D eigenvalue weighted by molar-refractivity contribution is 7.17. The SMILES string of the molecule is c1nc(Nc2cc(C3CC3)[nH]n2)c2sccc2n1. The first-order valence-electron chi connectivity index (χ1n) is 5.91. The topological polar surface area (TPSA) is 66.5 Å². The Morgan fingerprint density at radius 2 is 2.28 bits per heavy atom. The van der Waals surface area contributed by atoms with Crippen LogP contribution in [0.1, 0.15) is 24.5 Å². The van der Waals surface area contributed by atoms with Crippen LogP contribution in [0.15, 0.2) is 23.8 Å². The van der Waals surface area contributed by atoms with E-state index in [2.05, 4.69) is 31.5 Å². The molecule has 3 aromatic rings. The van der Waals surface area contributed by atoms with Crippen molar-refractivity contribution in [2.24, 2.45) is 0 Å². The lowest BCUT2D eigenvalue weighted by Gasteiger charge is -2.01. The maximum atomic E-state index is 4.28. The molecular weight excluding hydrogens is 246 g/mol. The van der Waals surface area contributed by atoms with Gasteiger partial charge in [0.2, 0.25) is 0 Å². The summed E-state index contributed by atoms with van der Waals surface area (Å²) in [5.41, 5.74) is 2.18. The second-order valence-corrected chi connectivity index (χ2v) is 5.38.